The second kappa shape index (κ2) is 9.02. The summed E-state index contributed by atoms with van der Waals surface area (Å²) in [5, 5.41) is 0.374. The smallest absolute Gasteiger partial charge is 0.410 e. The van der Waals surface area contributed by atoms with Crippen LogP contribution >= 0.6 is 11.8 Å². The highest BCUT2D eigenvalue weighted by atomic mass is 32.2. The van der Waals surface area contributed by atoms with Gasteiger partial charge in [-0.05, 0) is 31.2 Å². The number of piperidine rings is 1. The molecule has 31 heavy (non-hydrogen) atoms. The van der Waals surface area contributed by atoms with E-state index >= 15 is 0 Å². The molecule has 0 unspecified atom stereocenters. The lowest BCUT2D eigenvalue weighted by Crippen LogP contribution is -2.50. The number of ether oxygens (including phenoxy) is 1. The van der Waals surface area contributed by atoms with Gasteiger partial charge in [0.2, 0.25) is 5.91 Å². The molecule has 7 nitrogen and oxygen atoms in total. The molecule has 10 heteroatoms. The van der Waals surface area contributed by atoms with E-state index in [2.05, 4.69) is 23.8 Å². The average Bonchev–Trinajstić information content (AvgIpc) is 3.29. The van der Waals surface area contributed by atoms with Crippen molar-refractivity contribution < 1.29 is 23.1 Å². The van der Waals surface area contributed by atoms with Crippen molar-refractivity contribution in [3.63, 3.8) is 0 Å². The predicted octanol–water partition coefficient (Wildman–Crippen LogP) is 3.79. The Morgan fingerprint density at radius 3 is 2.77 bits per heavy atom. The van der Waals surface area contributed by atoms with Crippen LogP contribution in [0.5, 0.6) is 0 Å². The van der Waals surface area contributed by atoms with Crippen molar-refractivity contribution in [1.29, 1.82) is 0 Å². The number of rotatable bonds is 6. The number of H-pyrrole nitrogens is 1. The molecule has 1 N–H and O–H groups in total. The molecule has 168 valence electrons. The van der Waals surface area contributed by atoms with Crippen LogP contribution in [-0.4, -0.2) is 69.3 Å². The Bertz CT molecular complexity index is 975. The highest BCUT2D eigenvalue weighted by molar-refractivity contribution is 7.99. The van der Waals surface area contributed by atoms with E-state index in [1.54, 1.807) is 4.90 Å². The molecule has 1 aromatic heterocycles. The molecule has 1 atom stereocenters. The van der Waals surface area contributed by atoms with E-state index in [1.807, 2.05) is 4.90 Å². The lowest BCUT2D eigenvalue weighted by atomic mass is 9.98. The lowest BCUT2D eigenvalue weighted by Gasteiger charge is -2.38. The largest absolute Gasteiger partial charge is 0.447 e. The van der Waals surface area contributed by atoms with Crippen LogP contribution in [0.1, 0.15) is 33.1 Å². The van der Waals surface area contributed by atoms with Crippen LogP contribution in [0.3, 0.4) is 0 Å². The average molecular weight is 453 g/mol. The van der Waals surface area contributed by atoms with Crippen LogP contribution < -0.4 is 0 Å². The van der Waals surface area contributed by atoms with Gasteiger partial charge in [0.15, 0.2) is 11.0 Å². The van der Waals surface area contributed by atoms with Gasteiger partial charge in [0, 0.05) is 25.2 Å². The number of nitrogens with one attached hydrogen (secondary N) is 1. The molecule has 0 radical (unpaired) electrons. The number of aromatic amines is 1. The minimum atomic E-state index is -0.734. The number of carbonyl (C=O) groups is 2. The van der Waals surface area contributed by atoms with Crippen molar-refractivity contribution in [2.75, 3.05) is 25.4 Å². The Hall–Kier alpha value is -2.36. The van der Waals surface area contributed by atoms with Crippen molar-refractivity contribution in [3.8, 4) is 0 Å². The summed E-state index contributed by atoms with van der Waals surface area (Å²) >= 11 is 1.16. The number of halogens is 2. The minimum absolute atomic E-state index is 0.0433. The summed E-state index contributed by atoms with van der Waals surface area (Å²) in [7, 11) is 0. The molecule has 1 aromatic carbocycles. The Morgan fingerprint density at radius 1 is 1.32 bits per heavy atom. The Labute approximate surface area is 183 Å². The Balaban J connectivity index is 1.30. The van der Waals surface area contributed by atoms with Gasteiger partial charge in [-0.1, -0.05) is 25.6 Å². The quantitative estimate of drug-likeness (QED) is 0.675. The first-order valence-corrected chi connectivity index (χ1v) is 11.5. The fourth-order valence-corrected chi connectivity index (χ4v) is 5.13. The number of thioether (sulfide) groups is 1. The van der Waals surface area contributed by atoms with E-state index in [0.717, 1.165) is 37.1 Å². The van der Waals surface area contributed by atoms with E-state index in [0.29, 0.717) is 30.8 Å². The normalized spacial score (nSPS) is 20.2. The molecule has 4 rings (SSSR count). The summed E-state index contributed by atoms with van der Waals surface area (Å²) in [5.74, 6) is -0.831. The molecule has 0 bridgehead atoms. The molecule has 0 saturated carbocycles. The van der Waals surface area contributed by atoms with E-state index in [-0.39, 0.29) is 40.9 Å². The zero-order chi connectivity index (χ0) is 22.1. The van der Waals surface area contributed by atoms with E-state index in [9.17, 15) is 18.4 Å². The molecule has 0 spiro atoms. The summed E-state index contributed by atoms with van der Waals surface area (Å²) in [5.41, 5.74) is 0.326. The summed E-state index contributed by atoms with van der Waals surface area (Å²) in [6.07, 6.45) is 2.09. The third-order valence-electron chi connectivity index (χ3n) is 5.77. The maximum Gasteiger partial charge on any atom is 0.410 e. The fraction of sp³-hybridized carbons (Fsp3) is 0.571. The highest BCUT2D eigenvalue weighted by Gasteiger charge is 2.39. The van der Waals surface area contributed by atoms with Gasteiger partial charge in [0.05, 0.1) is 17.3 Å². The number of amides is 2. The van der Waals surface area contributed by atoms with Crippen LogP contribution in [0.4, 0.5) is 13.6 Å². The zero-order valence-electron chi connectivity index (χ0n) is 17.6. The number of hydrogen-bond donors (Lipinski definition) is 1. The third kappa shape index (κ3) is 4.78. The summed E-state index contributed by atoms with van der Waals surface area (Å²) in [6.45, 7) is 5.85. The highest BCUT2D eigenvalue weighted by Crippen LogP contribution is 2.28. The third-order valence-corrected chi connectivity index (χ3v) is 6.63. The van der Waals surface area contributed by atoms with Gasteiger partial charge in [0.25, 0.3) is 0 Å². The summed E-state index contributed by atoms with van der Waals surface area (Å²) in [6, 6.07) is 2.16. The van der Waals surface area contributed by atoms with Crippen LogP contribution in [0.25, 0.3) is 11.0 Å². The van der Waals surface area contributed by atoms with Crippen molar-refractivity contribution in [3.05, 3.63) is 23.8 Å². The minimum Gasteiger partial charge on any atom is -0.447 e. The topological polar surface area (TPSA) is 78.5 Å². The molecular weight excluding hydrogens is 426 g/mol. The number of likely N-dealkylation sites (tertiary alicyclic amines) is 1. The number of carbonyl (C=O) groups excluding carboxylic acids is 2. The van der Waals surface area contributed by atoms with Gasteiger partial charge in [-0.2, -0.15) is 0 Å². The SMILES string of the molecule is CC(C)C[C@@H]1COC(=O)N1C1CCN(C(=O)CSc2nc3c(F)cc(F)cc3[nH]2)CC1. The fourth-order valence-electron chi connectivity index (χ4n) is 4.35. The second-order valence-electron chi connectivity index (χ2n) is 8.49. The molecule has 2 aliphatic rings. The zero-order valence-corrected chi connectivity index (χ0v) is 18.4. The van der Waals surface area contributed by atoms with Crippen molar-refractivity contribution in [1.82, 2.24) is 19.8 Å². The van der Waals surface area contributed by atoms with Gasteiger partial charge < -0.3 is 14.6 Å². The standard InChI is InChI=1S/C21H26F2N4O3S/c1-12(2)7-15-10-30-21(29)27(15)14-3-5-26(6-4-14)18(28)11-31-20-24-17-9-13(22)8-16(23)19(17)25-20/h8-9,12,14-15H,3-7,10-11H2,1-2H3,(H,24,25)/t15-/m1/s1. The number of benzene rings is 1. The van der Waals surface area contributed by atoms with Crippen LogP contribution in [0, 0.1) is 17.6 Å². The summed E-state index contributed by atoms with van der Waals surface area (Å²) < 4.78 is 32.4. The van der Waals surface area contributed by atoms with Gasteiger partial charge in [-0.25, -0.2) is 18.6 Å². The second-order valence-corrected chi connectivity index (χ2v) is 9.46. The number of imidazole rings is 1. The maximum absolute atomic E-state index is 13.8. The number of aromatic nitrogens is 2. The summed E-state index contributed by atoms with van der Waals surface area (Å²) in [4.78, 5) is 35.5. The molecule has 2 saturated heterocycles. The van der Waals surface area contributed by atoms with Crippen molar-refractivity contribution in [2.24, 2.45) is 5.92 Å². The molecule has 2 aromatic rings. The predicted molar refractivity (Wildman–Crippen MR) is 113 cm³/mol. The van der Waals surface area contributed by atoms with Gasteiger partial charge in [0.1, 0.15) is 17.9 Å². The first-order chi connectivity index (χ1) is 14.8. The van der Waals surface area contributed by atoms with Crippen molar-refractivity contribution >= 4 is 34.8 Å². The van der Waals surface area contributed by atoms with E-state index < -0.39 is 11.6 Å². The first kappa shape index (κ1) is 21.9. The monoisotopic (exact) mass is 452 g/mol. The number of hydrogen-bond acceptors (Lipinski definition) is 5. The maximum atomic E-state index is 13.8. The molecule has 3 heterocycles. The van der Waals surface area contributed by atoms with Crippen LogP contribution in [0.2, 0.25) is 0 Å². The number of fused-ring (bicyclic) bond motifs is 1. The van der Waals surface area contributed by atoms with Gasteiger partial charge >= 0.3 is 6.09 Å². The van der Waals surface area contributed by atoms with Crippen LogP contribution in [-0.2, 0) is 9.53 Å². The molecule has 2 aliphatic heterocycles. The van der Waals surface area contributed by atoms with Gasteiger partial charge in [-0.3, -0.25) is 9.69 Å². The number of nitrogens with zero attached hydrogens (tertiary/aromatic N) is 3. The van der Waals surface area contributed by atoms with E-state index in [1.165, 1.54) is 6.07 Å². The molecular formula is C21H26F2N4O3S. The lowest BCUT2D eigenvalue weighted by molar-refractivity contribution is -0.129. The van der Waals surface area contributed by atoms with Gasteiger partial charge in [-0.15, -0.1) is 0 Å². The number of cyclic esters (lactones) is 1. The Morgan fingerprint density at radius 2 is 2.06 bits per heavy atom. The first-order valence-electron chi connectivity index (χ1n) is 10.5. The molecule has 2 amide bonds. The molecule has 0 aliphatic carbocycles. The van der Waals surface area contributed by atoms with Crippen LogP contribution in [0.15, 0.2) is 17.3 Å². The Kier molecular flexibility index (Phi) is 6.36. The molecule has 2 fully saturated rings. The van der Waals surface area contributed by atoms with E-state index in [4.69, 9.17) is 4.74 Å². The van der Waals surface area contributed by atoms with Crippen molar-refractivity contribution in [2.45, 2.75) is 50.4 Å².